The van der Waals surface area contributed by atoms with E-state index in [1.165, 1.54) is 0 Å². The van der Waals surface area contributed by atoms with Gasteiger partial charge in [0.2, 0.25) is 5.78 Å². The number of nitrogen functional groups attached to an aromatic ring is 1. The minimum Gasteiger partial charge on any atom is -0.385 e. The maximum atomic E-state index is 13.2. The van der Waals surface area contributed by atoms with Gasteiger partial charge in [-0.05, 0) is 81.4 Å². The molecular formula is C26H31N3O. The average molecular weight is 402 g/mol. The number of H-pyrrole nitrogens is 1. The normalized spacial score (nSPS) is 16.0. The fraction of sp³-hybridized carbons (Fsp3) is 0.346. The summed E-state index contributed by atoms with van der Waals surface area (Å²) in [6, 6.07) is 19.9. The number of nitrogens with one attached hydrogen (secondary N) is 1. The quantitative estimate of drug-likeness (QED) is 0.570. The van der Waals surface area contributed by atoms with Gasteiger partial charge in [-0.15, -0.1) is 0 Å². The predicted octanol–water partition coefficient (Wildman–Crippen LogP) is 5.47. The maximum absolute atomic E-state index is 13.2. The molecule has 1 aliphatic heterocycles. The van der Waals surface area contributed by atoms with Gasteiger partial charge in [-0.3, -0.25) is 9.69 Å². The van der Waals surface area contributed by atoms with Crippen molar-refractivity contribution in [3.8, 4) is 11.1 Å². The Balaban J connectivity index is 1.53. The summed E-state index contributed by atoms with van der Waals surface area (Å²) in [4.78, 5) is 18.8. The van der Waals surface area contributed by atoms with E-state index < -0.39 is 0 Å². The number of hydrogen-bond acceptors (Lipinski definition) is 3. The Hall–Kier alpha value is -2.85. The van der Waals surface area contributed by atoms with Crippen molar-refractivity contribution in [2.24, 2.45) is 0 Å². The smallest absolute Gasteiger partial charge is 0.209 e. The van der Waals surface area contributed by atoms with Gasteiger partial charge in [0.25, 0.3) is 0 Å². The number of carbonyl (C=O) groups is 1. The molecule has 3 N–H and O–H groups in total. The molecule has 3 aromatic rings. The summed E-state index contributed by atoms with van der Waals surface area (Å²) >= 11 is 0. The third-order valence-electron chi connectivity index (χ3n) is 6.24. The summed E-state index contributed by atoms with van der Waals surface area (Å²) in [6.45, 7) is 8.90. The second-order valence-electron chi connectivity index (χ2n) is 9.26. The number of ketones is 1. The molecule has 0 atom stereocenters. The molecule has 30 heavy (non-hydrogen) atoms. The minimum absolute atomic E-state index is 0.0159. The predicted molar refractivity (Wildman–Crippen MR) is 124 cm³/mol. The monoisotopic (exact) mass is 401 g/mol. The van der Waals surface area contributed by atoms with Crippen LogP contribution in [0.1, 0.15) is 61.1 Å². The molecule has 2 heterocycles. The zero-order chi connectivity index (χ0) is 21.3. The van der Waals surface area contributed by atoms with Crippen LogP contribution in [-0.2, 0) is 0 Å². The van der Waals surface area contributed by atoms with Crippen LogP contribution >= 0.6 is 0 Å². The molecule has 1 saturated heterocycles. The van der Waals surface area contributed by atoms with Crippen LogP contribution < -0.4 is 5.73 Å². The lowest BCUT2D eigenvalue weighted by Crippen LogP contribution is -2.45. The van der Waals surface area contributed by atoms with Crippen molar-refractivity contribution in [3.05, 3.63) is 77.5 Å². The molecule has 1 fully saturated rings. The van der Waals surface area contributed by atoms with Gasteiger partial charge >= 0.3 is 0 Å². The second kappa shape index (κ2) is 8.11. The van der Waals surface area contributed by atoms with Gasteiger partial charge in [0, 0.05) is 11.1 Å². The Morgan fingerprint density at radius 3 is 2.30 bits per heavy atom. The van der Waals surface area contributed by atoms with Crippen LogP contribution in [0.15, 0.2) is 60.7 Å². The lowest BCUT2D eigenvalue weighted by atomic mass is 9.88. The lowest BCUT2D eigenvalue weighted by molar-refractivity contribution is 0.102. The largest absolute Gasteiger partial charge is 0.385 e. The van der Waals surface area contributed by atoms with E-state index >= 15 is 0 Å². The molecule has 4 nitrogen and oxygen atoms in total. The highest BCUT2D eigenvalue weighted by molar-refractivity contribution is 6.09. The van der Waals surface area contributed by atoms with Crippen LogP contribution in [0.3, 0.4) is 0 Å². The number of anilines is 1. The molecule has 0 spiro atoms. The molecule has 0 amide bonds. The van der Waals surface area contributed by atoms with E-state index in [4.69, 9.17) is 5.73 Å². The third kappa shape index (κ3) is 4.19. The Kier molecular flexibility index (Phi) is 5.52. The number of likely N-dealkylation sites (tertiary alicyclic amines) is 1. The summed E-state index contributed by atoms with van der Waals surface area (Å²) < 4.78 is 0. The zero-order valence-corrected chi connectivity index (χ0v) is 18.1. The van der Waals surface area contributed by atoms with E-state index in [-0.39, 0.29) is 11.3 Å². The molecule has 4 heteroatoms. The van der Waals surface area contributed by atoms with Gasteiger partial charge in [-0.2, -0.15) is 0 Å². The molecule has 2 aromatic carbocycles. The van der Waals surface area contributed by atoms with E-state index in [0.29, 0.717) is 23.0 Å². The summed E-state index contributed by atoms with van der Waals surface area (Å²) in [5, 5.41) is 0. The highest BCUT2D eigenvalue weighted by Crippen LogP contribution is 2.35. The summed E-state index contributed by atoms with van der Waals surface area (Å²) in [5.74, 6) is 1.02. The van der Waals surface area contributed by atoms with E-state index in [2.05, 4.69) is 42.8 Å². The maximum Gasteiger partial charge on any atom is 0.209 e. The van der Waals surface area contributed by atoms with E-state index in [1.807, 2.05) is 48.5 Å². The third-order valence-corrected chi connectivity index (χ3v) is 6.24. The fourth-order valence-corrected chi connectivity index (χ4v) is 4.43. The van der Waals surface area contributed by atoms with Gasteiger partial charge in [0.15, 0.2) is 0 Å². The Bertz CT molecular complexity index is 1020. The average Bonchev–Trinajstić information content (AvgIpc) is 3.15. The van der Waals surface area contributed by atoms with Crippen molar-refractivity contribution >= 4 is 11.6 Å². The highest BCUT2D eigenvalue weighted by atomic mass is 16.1. The van der Waals surface area contributed by atoms with E-state index in [1.54, 1.807) is 0 Å². The number of rotatable bonds is 4. The van der Waals surface area contributed by atoms with Gasteiger partial charge in [-0.1, -0.05) is 48.5 Å². The van der Waals surface area contributed by atoms with Crippen molar-refractivity contribution < 1.29 is 4.79 Å². The van der Waals surface area contributed by atoms with Crippen molar-refractivity contribution in [3.63, 3.8) is 0 Å². The van der Waals surface area contributed by atoms with Crippen molar-refractivity contribution in [1.82, 2.24) is 9.88 Å². The molecule has 0 aliphatic carbocycles. The van der Waals surface area contributed by atoms with Gasteiger partial charge in [-0.25, -0.2) is 0 Å². The van der Waals surface area contributed by atoms with Crippen molar-refractivity contribution in [2.75, 3.05) is 18.8 Å². The number of benzene rings is 2. The molecule has 1 aromatic heterocycles. The second-order valence-corrected chi connectivity index (χ2v) is 9.26. The first-order valence-electron chi connectivity index (χ1n) is 10.8. The first-order valence-corrected chi connectivity index (χ1v) is 10.8. The number of carbonyl (C=O) groups excluding carboxylic acids is 1. The highest BCUT2D eigenvalue weighted by Gasteiger charge is 2.29. The fourth-order valence-electron chi connectivity index (χ4n) is 4.43. The number of piperidine rings is 1. The summed E-state index contributed by atoms with van der Waals surface area (Å²) in [7, 11) is 0. The number of hydrogen-bond donors (Lipinski definition) is 2. The SMILES string of the molecule is CC(C)(C)N1CCC(c2cc(C(=O)c3cccc(-c4ccccc4)c3)[nH]c2N)CC1. The van der Waals surface area contributed by atoms with Crippen molar-refractivity contribution in [1.29, 1.82) is 0 Å². The number of aromatic amines is 1. The van der Waals surface area contributed by atoms with E-state index in [0.717, 1.165) is 42.6 Å². The number of nitrogens with two attached hydrogens (primary N) is 1. The number of aromatic nitrogens is 1. The van der Waals surface area contributed by atoms with Crippen LogP contribution in [-0.4, -0.2) is 34.3 Å². The van der Waals surface area contributed by atoms with Crippen LogP contribution in [0.4, 0.5) is 5.82 Å². The van der Waals surface area contributed by atoms with Gasteiger partial charge in [0.1, 0.15) is 5.82 Å². The molecule has 0 saturated carbocycles. The Morgan fingerprint density at radius 1 is 0.967 bits per heavy atom. The minimum atomic E-state index is -0.0159. The number of nitrogens with zero attached hydrogens (tertiary/aromatic N) is 1. The molecule has 4 rings (SSSR count). The van der Waals surface area contributed by atoms with Crippen LogP contribution in [0.2, 0.25) is 0 Å². The molecule has 1 aliphatic rings. The zero-order valence-electron chi connectivity index (χ0n) is 18.1. The lowest BCUT2D eigenvalue weighted by Gasteiger charge is -2.40. The summed E-state index contributed by atoms with van der Waals surface area (Å²) in [5.41, 5.74) is 11.0. The first kappa shape index (κ1) is 20.4. The van der Waals surface area contributed by atoms with Gasteiger partial charge < -0.3 is 10.7 Å². The Labute approximate surface area is 179 Å². The summed E-state index contributed by atoms with van der Waals surface area (Å²) in [6.07, 6.45) is 2.13. The van der Waals surface area contributed by atoms with Crippen LogP contribution in [0.5, 0.6) is 0 Å². The molecular weight excluding hydrogens is 370 g/mol. The topological polar surface area (TPSA) is 62.1 Å². The molecule has 0 radical (unpaired) electrons. The Morgan fingerprint density at radius 2 is 1.63 bits per heavy atom. The molecule has 0 unspecified atom stereocenters. The van der Waals surface area contributed by atoms with Gasteiger partial charge in [0.05, 0.1) is 5.69 Å². The molecule has 0 bridgehead atoms. The molecule has 156 valence electrons. The van der Waals surface area contributed by atoms with Crippen molar-refractivity contribution in [2.45, 2.75) is 45.1 Å². The first-order chi connectivity index (χ1) is 14.3. The van der Waals surface area contributed by atoms with Crippen LogP contribution in [0.25, 0.3) is 11.1 Å². The van der Waals surface area contributed by atoms with Crippen LogP contribution in [0, 0.1) is 0 Å². The standard InChI is InChI=1S/C26H31N3O/c1-26(2,3)29-14-12-19(13-15-29)22-17-23(28-25(22)27)24(30)21-11-7-10-20(16-21)18-8-5-4-6-9-18/h4-11,16-17,19,28H,12-15,27H2,1-3H3. The van der Waals surface area contributed by atoms with E-state index in [9.17, 15) is 4.79 Å².